The molecule has 1 aliphatic heterocycles. The lowest BCUT2D eigenvalue weighted by atomic mass is 10.1. The van der Waals surface area contributed by atoms with Gasteiger partial charge in [0.05, 0.1) is 13.0 Å². The molecule has 136 valence electrons. The van der Waals surface area contributed by atoms with E-state index in [1.165, 1.54) is 20.1 Å². The molecule has 0 aromatic carbocycles. The van der Waals surface area contributed by atoms with E-state index in [1.54, 1.807) is 0 Å². The SMILES string of the molecule is COC(=O)C(C)CN1CCCN([Si](C(C)C)(C(C)C)C(C)C)C1. The van der Waals surface area contributed by atoms with Crippen molar-refractivity contribution in [2.45, 2.75) is 71.5 Å². The first-order valence-corrected chi connectivity index (χ1v) is 11.4. The summed E-state index contributed by atoms with van der Waals surface area (Å²) in [5.41, 5.74) is 2.21. The Hall–Kier alpha value is -0.393. The Bertz CT molecular complexity index is 363. The third-order valence-electron chi connectivity index (χ3n) is 5.73. The quantitative estimate of drug-likeness (QED) is 0.518. The fourth-order valence-electron chi connectivity index (χ4n) is 5.09. The lowest BCUT2D eigenvalue weighted by Gasteiger charge is -2.54. The van der Waals surface area contributed by atoms with Crippen molar-refractivity contribution in [1.29, 1.82) is 0 Å². The van der Waals surface area contributed by atoms with Gasteiger partial charge in [0.2, 0.25) is 0 Å². The van der Waals surface area contributed by atoms with Crippen LogP contribution >= 0.6 is 0 Å². The number of methoxy groups -OCH3 is 1. The van der Waals surface area contributed by atoms with Gasteiger partial charge in [0.25, 0.3) is 0 Å². The minimum Gasteiger partial charge on any atom is -0.469 e. The van der Waals surface area contributed by atoms with Crippen molar-refractivity contribution >= 4 is 14.2 Å². The summed E-state index contributed by atoms with van der Waals surface area (Å²) in [4.78, 5) is 14.2. The third kappa shape index (κ3) is 4.37. The van der Waals surface area contributed by atoms with Crippen molar-refractivity contribution < 1.29 is 9.53 Å². The molecule has 0 spiro atoms. The van der Waals surface area contributed by atoms with E-state index in [-0.39, 0.29) is 11.9 Å². The number of hydrogen-bond donors (Lipinski definition) is 0. The van der Waals surface area contributed by atoms with Gasteiger partial charge in [-0.25, -0.2) is 0 Å². The molecule has 0 amide bonds. The number of esters is 1. The summed E-state index contributed by atoms with van der Waals surface area (Å²) >= 11 is 0. The summed E-state index contributed by atoms with van der Waals surface area (Å²) in [7, 11) is -0.0979. The highest BCUT2D eigenvalue weighted by Gasteiger charge is 2.48. The maximum Gasteiger partial charge on any atom is 0.309 e. The lowest BCUT2D eigenvalue weighted by molar-refractivity contribution is -0.145. The van der Waals surface area contributed by atoms with Gasteiger partial charge in [-0.1, -0.05) is 48.5 Å². The van der Waals surface area contributed by atoms with E-state index in [0.29, 0.717) is 0 Å². The van der Waals surface area contributed by atoms with Crippen LogP contribution in [0, 0.1) is 5.92 Å². The van der Waals surface area contributed by atoms with E-state index >= 15 is 0 Å². The second kappa shape index (κ2) is 8.63. The Morgan fingerprint density at radius 2 is 1.52 bits per heavy atom. The molecule has 0 saturated carbocycles. The third-order valence-corrected chi connectivity index (χ3v) is 12.7. The zero-order valence-electron chi connectivity index (χ0n) is 16.6. The molecule has 0 aliphatic carbocycles. The summed E-state index contributed by atoms with van der Waals surface area (Å²) in [5.74, 6) is -0.143. The van der Waals surface area contributed by atoms with Gasteiger partial charge in [0.15, 0.2) is 0 Å². The van der Waals surface area contributed by atoms with Crippen LogP contribution in [0.4, 0.5) is 0 Å². The molecule has 5 heteroatoms. The Balaban J connectivity index is 2.92. The molecule has 1 heterocycles. The predicted molar refractivity (Wildman–Crippen MR) is 100.0 cm³/mol. The predicted octanol–water partition coefficient (Wildman–Crippen LogP) is 3.94. The highest BCUT2D eigenvalue weighted by molar-refractivity contribution is 6.80. The molecule has 4 nitrogen and oxygen atoms in total. The molecule has 0 aromatic heterocycles. The van der Waals surface area contributed by atoms with Crippen LogP contribution in [0.2, 0.25) is 16.6 Å². The molecule has 0 N–H and O–H groups in total. The minimum absolute atomic E-state index is 0.0480. The minimum atomic E-state index is -1.58. The second-order valence-electron chi connectivity index (χ2n) is 8.11. The van der Waals surface area contributed by atoms with Crippen LogP contribution in [-0.4, -0.2) is 57.1 Å². The van der Waals surface area contributed by atoms with E-state index in [1.807, 2.05) is 6.92 Å². The van der Waals surface area contributed by atoms with E-state index < -0.39 is 8.24 Å². The summed E-state index contributed by atoms with van der Waals surface area (Å²) in [6.45, 7) is 20.6. The first-order chi connectivity index (χ1) is 10.7. The Morgan fingerprint density at radius 3 is 1.96 bits per heavy atom. The molecule has 1 unspecified atom stereocenters. The van der Waals surface area contributed by atoms with Crippen LogP contribution in [-0.2, 0) is 9.53 Å². The number of rotatable bonds is 7. The molecule has 0 bridgehead atoms. The van der Waals surface area contributed by atoms with Crippen LogP contribution in [0.5, 0.6) is 0 Å². The van der Waals surface area contributed by atoms with Gasteiger partial charge in [0.1, 0.15) is 8.24 Å². The van der Waals surface area contributed by atoms with Crippen LogP contribution in [0.15, 0.2) is 0 Å². The molecule has 0 aromatic rings. The van der Waals surface area contributed by atoms with E-state index in [2.05, 4.69) is 51.0 Å². The largest absolute Gasteiger partial charge is 0.469 e. The smallest absolute Gasteiger partial charge is 0.309 e. The number of carbonyl (C=O) groups excluding carboxylic acids is 1. The lowest BCUT2D eigenvalue weighted by Crippen LogP contribution is -2.65. The zero-order valence-corrected chi connectivity index (χ0v) is 17.6. The number of nitrogens with zero attached hydrogens (tertiary/aromatic N) is 2. The van der Waals surface area contributed by atoms with E-state index in [9.17, 15) is 4.79 Å². The van der Waals surface area contributed by atoms with Crippen molar-refractivity contribution in [3.05, 3.63) is 0 Å². The second-order valence-corrected chi connectivity index (χ2v) is 14.0. The molecular weight excluding hydrogens is 304 g/mol. The maximum atomic E-state index is 11.7. The monoisotopic (exact) mass is 342 g/mol. The molecule has 1 aliphatic rings. The summed E-state index contributed by atoms with van der Waals surface area (Å²) in [6.07, 6.45) is 1.20. The van der Waals surface area contributed by atoms with Crippen molar-refractivity contribution in [3.8, 4) is 0 Å². The van der Waals surface area contributed by atoms with Crippen molar-refractivity contribution in [2.24, 2.45) is 5.92 Å². The topological polar surface area (TPSA) is 32.8 Å². The molecule has 0 radical (unpaired) electrons. The highest BCUT2D eigenvalue weighted by atomic mass is 28.3. The fourth-order valence-corrected chi connectivity index (χ4v) is 12.3. The fraction of sp³-hybridized carbons (Fsp3) is 0.944. The molecule has 1 atom stereocenters. The molecule has 23 heavy (non-hydrogen) atoms. The Morgan fingerprint density at radius 1 is 1.00 bits per heavy atom. The molecule has 1 fully saturated rings. The van der Waals surface area contributed by atoms with Crippen LogP contribution in [0.1, 0.15) is 54.9 Å². The molecule has 1 saturated heterocycles. The van der Waals surface area contributed by atoms with Crippen LogP contribution in [0.25, 0.3) is 0 Å². The van der Waals surface area contributed by atoms with Gasteiger partial charge in [-0.05, 0) is 29.6 Å². The number of carbonyl (C=O) groups is 1. The van der Waals surface area contributed by atoms with Crippen molar-refractivity contribution in [3.63, 3.8) is 0 Å². The van der Waals surface area contributed by atoms with Crippen LogP contribution < -0.4 is 0 Å². The first-order valence-electron chi connectivity index (χ1n) is 9.23. The van der Waals surface area contributed by atoms with Gasteiger partial charge in [-0.2, -0.15) is 0 Å². The zero-order chi connectivity index (χ0) is 17.8. The van der Waals surface area contributed by atoms with E-state index in [4.69, 9.17) is 4.74 Å². The Kier molecular flexibility index (Phi) is 7.75. The average molecular weight is 343 g/mol. The van der Waals surface area contributed by atoms with Gasteiger partial charge >= 0.3 is 5.97 Å². The van der Waals surface area contributed by atoms with Gasteiger partial charge in [-0.15, -0.1) is 0 Å². The molecule has 1 rings (SSSR count). The average Bonchev–Trinajstić information content (AvgIpc) is 2.46. The maximum absolute atomic E-state index is 11.7. The Labute approximate surface area is 144 Å². The standard InChI is InChI=1S/C18H38N2O2Si/c1-14(2)23(15(3)4,16(5)6)20-11-9-10-19(13-20)12-17(7)18(21)22-8/h14-17H,9-13H2,1-8H3. The molecular formula is C18H38N2O2Si. The summed E-state index contributed by atoms with van der Waals surface area (Å²) in [5, 5.41) is 0. The highest BCUT2D eigenvalue weighted by Crippen LogP contribution is 2.44. The summed E-state index contributed by atoms with van der Waals surface area (Å²) < 4.78 is 7.71. The van der Waals surface area contributed by atoms with Crippen molar-refractivity contribution in [2.75, 3.05) is 33.4 Å². The van der Waals surface area contributed by atoms with E-state index in [0.717, 1.165) is 36.4 Å². The summed E-state index contributed by atoms with van der Waals surface area (Å²) in [6, 6.07) is 0. The number of ether oxygens (including phenoxy) is 1. The first kappa shape index (κ1) is 20.7. The number of hydrogen-bond acceptors (Lipinski definition) is 4. The van der Waals surface area contributed by atoms with Gasteiger partial charge in [0, 0.05) is 19.8 Å². The van der Waals surface area contributed by atoms with Crippen LogP contribution in [0.3, 0.4) is 0 Å². The van der Waals surface area contributed by atoms with Gasteiger partial charge in [-0.3, -0.25) is 9.69 Å². The van der Waals surface area contributed by atoms with Gasteiger partial charge < -0.3 is 9.30 Å². The van der Waals surface area contributed by atoms with Crippen molar-refractivity contribution in [1.82, 2.24) is 9.47 Å². The normalized spacial score (nSPS) is 19.6.